The topological polar surface area (TPSA) is 57.5 Å². The number of aliphatic carboxylic acids is 1. The molecule has 0 aromatic rings. The molecule has 0 radical (unpaired) electrons. The van der Waals surface area contributed by atoms with E-state index in [9.17, 15) is 9.90 Å². The largest absolute Gasteiger partial charge is 0.478 e. The highest BCUT2D eigenvalue weighted by Crippen LogP contribution is 2.57. The lowest BCUT2D eigenvalue weighted by Gasteiger charge is -2.57. The molecule has 3 nitrogen and oxygen atoms in total. The number of carbonyl (C=O) groups is 1. The molecule has 18 heavy (non-hydrogen) atoms. The van der Waals surface area contributed by atoms with E-state index in [4.69, 9.17) is 5.11 Å². The number of rotatable bonds is 2. The van der Waals surface area contributed by atoms with Gasteiger partial charge in [0.15, 0.2) is 0 Å². The van der Waals surface area contributed by atoms with Crippen molar-refractivity contribution >= 4 is 5.97 Å². The molecule has 0 saturated heterocycles. The zero-order valence-electron chi connectivity index (χ0n) is 11.4. The van der Waals surface area contributed by atoms with Crippen LogP contribution >= 0.6 is 0 Å². The van der Waals surface area contributed by atoms with Crippen LogP contribution in [0.1, 0.15) is 52.4 Å². The van der Waals surface area contributed by atoms with Crippen molar-refractivity contribution in [2.24, 2.45) is 17.3 Å². The van der Waals surface area contributed by atoms with Crippen molar-refractivity contribution in [2.45, 2.75) is 58.0 Å². The van der Waals surface area contributed by atoms with E-state index in [2.05, 4.69) is 20.4 Å². The third-order valence-corrected chi connectivity index (χ3v) is 5.60. The first-order chi connectivity index (χ1) is 8.30. The second-order valence-corrected chi connectivity index (χ2v) is 6.55. The Kier molecular flexibility index (Phi) is 3.30. The summed E-state index contributed by atoms with van der Waals surface area (Å²) in [5.41, 5.74) is -0.491. The fraction of sp³-hybridized carbons (Fsp3) is 0.800. The summed E-state index contributed by atoms with van der Waals surface area (Å²) < 4.78 is 0. The zero-order valence-corrected chi connectivity index (χ0v) is 11.4. The quantitative estimate of drug-likeness (QED) is 0.743. The minimum atomic E-state index is -0.921. The van der Waals surface area contributed by atoms with Crippen LogP contribution in [0.25, 0.3) is 0 Å². The van der Waals surface area contributed by atoms with E-state index in [1.807, 2.05) is 0 Å². The number of hydrogen-bond donors (Lipinski definition) is 2. The van der Waals surface area contributed by atoms with Crippen molar-refractivity contribution < 1.29 is 15.0 Å². The van der Waals surface area contributed by atoms with Gasteiger partial charge < -0.3 is 10.2 Å². The van der Waals surface area contributed by atoms with Gasteiger partial charge in [-0.15, -0.1) is 0 Å². The lowest BCUT2D eigenvalue weighted by atomic mass is 9.51. The van der Waals surface area contributed by atoms with Crippen LogP contribution in [0.4, 0.5) is 0 Å². The summed E-state index contributed by atoms with van der Waals surface area (Å²) in [6.07, 6.45) is 5.58. The Morgan fingerprint density at radius 2 is 2.00 bits per heavy atom. The average molecular weight is 252 g/mol. The van der Waals surface area contributed by atoms with E-state index in [1.54, 1.807) is 0 Å². The molecule has 0 aromatic carbocycles. The van der Waals surface area contributed by atoms with Gasteiger partial charge in [0.1, 0.15) is 0 Å². The highest BCUT2D eigenvalue weighted by molar-refractivity contribution is 5.86. The molecular weight excluding hydrogens is 228 g/mol. The van der Waals surface area contributed by atoms with Gasteiger partial charge in [-0.25, -0.2) is 4.79 Å². The van der Waals surface area contributed by atoms with Crippen molar-refractivity contribution in [2.75, 3.05) is 0 Å². The maximum absolute atomic E-state index is 11.1. The standard InChI is InChI=1S/C15H24O3/c1-10-5-4-7-14(3)8-6-12(9-15(10,14)18)11(2)13(16)17/h10,12,18H,2,4-9H2,1,3H3,(H,16,17)/t10-,12+,14+,15+/m0/s1. The SMILES string of the molecule is C=C(C(=O)O)[C@@H]1CC[C@@]2(C)CCC[C@H](C)[C@]2(O)C1. The molecule has 2 aliphatic rings. The Morgan fingerprint density at radius 1 is 1.33 bits per heavy atom. The molecule has 102 valence electrons. The first-order valence-corrected chi connectivity index (χ1v) is 6.94. The normalized spacial score (nSPS) is 44.2. The van der Waals surface area contributed by atoms with Gasteiger partial charge in [-0.3, -0.25) is 0 Å². The van der Waals surface area contributed by atoms with Crippen LogP contribution in [0.5, 0.6) is 0 Å². The summed E-state index contributed by atoms with van der Waals surface area (Å²) in [4.78, 5) is 11.0. The van der Waals surface area contributed by atoms with Crippen molar-refractivity contribution in [1.29, 1.82) is 0 Å². The number of carboxylic acid groups (broad SMARTS) is 1. The van der Waals surface area contributed by atoms with Gasteiger partial charge in [0, 0.05) is 5.57 Å². The van der Waals surface area contributed by atoms with Crippen LogP contribution in [-0.2, 0) is 4.79 Å². The number of fused-ring (bicyclic) bond motifs is 1. The molecule has 4 atom stereocenters. The second kappa shape index (κ2) is 4.37. The maximum atomic E-state index is 11.1. The zero-order chi connectivity index (χ0) is 13.6. The Labute approximate surface area is 109 Å². The number of aliphatic hydroxyl groups is 1. The molecule has 0 aliphatic heterocycles. The van der Waals surface area contributed by atoms with Crippen molar-refractivity contribution in [1.82, 2.24) is 0 Å². The summed E-state index contributed by atoms with van der Waals surface area (Å²) in [5, 5.41) is 20.1. The summed E-state index contributed by atoms with van der Waals surface area (Å²) in [6, 6.07) is 0. The van der Waals surface area contributed by atoms with Crippen LogP contribution in [0.2, 0.25) is 0 Å². The molecule has 2 rings (SSSR count). The van der Waals surface area contributed by atoms with Gasteiger partial charge in [0.25, 0.3) is 0 Å². The van der Waals surface area contributed by atoms with E-state index < -0.39 is 11.6 Å². The van der Waals surface area contributed by atoms with Crippen LogP contribution in [0.3, 0.4) is 0 Å². The smallest absolute Gasteiger partial charge is 0.331 e. The summed E-state index contributed by atoms with van der Waals surface area (Å²) in [6.45, 7) is 7.95. The van der Waals surface area contributed by atoms with Gasteiger partial charge in [0.2, 0.25) is 0 Å². The lowest BCUT2D eigenvalue weighted by molar-refractivity contribution is -0.174. The molecule has 0 unspecified atom stereocenters. The Balaban J connectivity index is 2.24. The highest BCUT2D eigenvalue weighted by atomic mass is 16.4. The first kappa shape index (κ1) is 13.6. The fourth-order valence-corrected chi connectivity index (χ4v) is 4.08. The Morgan fingerprint density at radius 3 is 2.61 bits per heavy atom. The molecule has 2 N–H and O–H groups in total. The average Bonchev–Trinajstić information content (AvgIpc) is 2.30. The van der Waals surface area contributed by atoms with Crippen molar-refractivity contribution in [3.8, 4) is 0 Å². The third-order valence-electron chi connectivity index (χ3n) is 5.60. The number of hydrogen-bond acceptors (Lipinski definition) is 2. The van der Waals surface area contributed by atoms with Crippen LogP contribution in [-0.4, -0.2) is 21.8 Å². The molecule has 2 saturated carbocycles. The monoisotopic (exact) mass is 252 g/mol. The third kappa shape index (κ3) is 1.89. The van der Waals surface area contributed by atoms with Crippen molar-refractivity contribution in [3.63, 3.8) is 0 Å². The van der Waals surface area contributed by atoms with E-state index in [1.165, 1.54) is 6.42 Å². The molecule has 0 heterocycles. The Bertz CT molecular complexity index is 376. The molecular formula is C15H24O3. The van der Waals surface area contributed by atoms with Gasteiger partial charge >= 0.3 is 5.97 Å². The second-order valence-electron chi connectivity index (χ2n) is 6.55. The molecule has 0 aromatic heterocycles. The van der Waals surface area contributed by atoms with E-state index in [0.717, 1.165) is 25.7 Å². The molecule has 3 heteroatoms. The fourth-order valence-electron chi connectivity index (χ4n) is 4.08. The lowest BCUT2D eigenvalue weighted by Crippen LogP contribution is -2.57. The molecule has 0 amide bonds. The number of carboxylic acids is 1. The predicted octanol–water partition coefficient (Wildman–Crippen LogP) is 2.98. The molecule has 2 fully saturated rings. The van der Waals surface area contributed by atoms with Crippen LogP contribution in [0.15, 0.2) is 12.2 Å². The highest BCUT2D eigenvalue weighted by Gasteiger charge is 2.55. The molecule has 0 spiro atoms. The van der Waals surface area contributed by atoms with Gasteiger partial charge in [-0.2, -0.15) is 0 Å². The van der Waals surface area contributed by atoms with E-state index >= 15 is 0 Å². The van der Waals surface area contributed by atoms with Gasteiger partial charge in [-0.05, 0) is 49.4 Å². The van der Waals surface area contributed by atoms with Gasteiger partial charge in [-0.1, -0.05) is 26.8 Å². The van der Waals surface area contributed by atoms with Crippen molar-refractivity contribution in [3.05, 3.63) is 12.2 Å². The summed E-state index contributed by atoms with van der Waals surface area (Å²) in [5.74, 6) is -0.738. The summed E-state index contributed by atoms with van der Waals surface area (Å²) >= 11 is 0. The van der Waals surface area contributed by atoms with Crippen LogP contribution < -0.4 is 0 Å². The predicted molar refractivity (Wildman–Crippen MR) is 70.2 cm³/mol. The summed E-state index contributed by atoms with van der Waals surface area (Å²) in [7, 11) is 0. The molecule has 0 bridgehead atoms. The Hall–Kier alpha value is -0.830. The minimum absolute atomic E-state index is 0.0417. The van der Waals surface area contributed by atoms with E-state index in [-0.39, 0.29) is 22.8 Å². The molecule has 2 aliphatic carbocycles. The maximum Gasteiger partial charge on any atom is 0.331 e. The minimum Gasteiger partial charge on any atom is -0.478 e. The first-order valence-electron chi connectivity index (χ1n) is 6.94. The van der Waals surface area contributed by atoms with Crippen LogP contribution in [0, 0.1) is 17.3 Å². The van der Waals surface area contributed by atoms with E-state index in [0.29, 0.717) is 6.42 Å². The van der Waals surface area contributed by atoms with Gasteiger partial charge in [0.05, 0.1) is 5.60 Å².